The number of hydrogen-bond acceptors (Lipinski definition) is 2. The minimum absolute atomic E-state index is 0.321. The van der Waals surface area contributed by atoms with Gasteiger partial charge in [-0.25, -0.2) is 0 Å². The Morgan fingerprint density at radius 1 is 1.16 bits per heavy atom. The Labute approximate surface area is 115 Å². The van der Waals surface area contributed by atoms with E-state index in [1.165, 1.54) is 16.7 Å². The van der Waals surface area contributed by atoms with Crippen LogP contribution in [0.25, 0.3) is 0 Å². The molecular weight excluding hydrogens is 232 g/mol. The molecule has 0 amide bonds. The van der Waals surface area contributed by atoms with Crippen molar-refractivity contribution in [3.63, 3.8) is 0 Å². The van der Waals surface area contributed by atoms with Gasteiger partial charge in [-0.05, 0) is 43.1 Å². The number of nitrogens with zero attached hydrogens (tertiary/aromatic N) is 1. The number of pyridine rings is 1. The van der Waals surface area contributed by atoms with E-state index >= 15 is 0 Å². The zero-order valence-electron chi connectivity index (χ0n) is 12.0. The van der Waals surface area contributed by atoms with Gasteiger partial charge in [0.1, 0.15) is 0 Å². The Kier molecular flexibility index (Phi) is 4.69. The fourth-order valence-corrected chi connectivity index (χ4v) is 2.34. The van der Waals surface area contributed by atoms with Gasteiger partial charge in [-0.15, -0.1) is 0 Å². The van der Waals surface area contributed by atoms with Gasteiger partial charge >= 0.3 is 0 Å². The van der Waals surface area contributed by atoms with Crippen LogP contribution in [-0.4, -0.2) is 12.0 Å². The van der Waals surface area contributed by atoms with Crippen LogP contribution in [0.3, 0.4) is 0 Å². The van der Waals surface area contributed by atoms with Crippen LogP contribution in [0.15, 0.2) is 42.6 Å². The molecule has 2 aromatic rings. The molecule has 0 fully saturated rings. The zero-order valence-corrected chi connectivity index (χ0v) is 12.0. The second-order valence-corrected chi connectivity index (χ2v) is 4.91. The van der Waals surface area contributed by atoms with Gasteiger partial charge in [0.25, 0.3) is 0 Å². The van der Waals surface area contributed by atoms with Crippen LogP contribution < -0.4 is 5.32 Å². The van der Waals surface area contributed by atoms with Crippen molar-refractivity contribution in [2.75, 3.05) is 7.05 Å². The fourth-order valence-electron chi connectivity index (χ4n) is 2.34. The van der Waals surface area contributed by atoms with E-state index in [2.05, 4.69) is 60.5 Å². The predicted molar refractivity (Wildman–Crippen MR) is 80.3 cm³/mol. The van der Waals surface area contributed by atoms with Crippen molar-refractivity contribution in [1.29, 1.82) is 0 Å². The van der Waals surface area contributed by atoms with Crippen molar-refractivity contribution >= 4 is 0 Å². The van der Waals surface area contributed by atoms with E-state index < -0.39 is 0 Å². The number of likely N-dealkylation sites (N-methyl/N-ethyl adjacent to an activating group) is 1. The lowest BCUT2D eigenvalue weighted by molar-refractivity contribution is 0.581. The minimum Gasteiger partial charge on any atom is -0.313 e. The van der Waals surface area contributed by atoms with E-state index in [1.54, 1.807) is 0 Å². The molecule has 2 rings (SSSR count). The van der Waals surface area contributed by atoms with Crippen LogP contribution in [0.4, 0.5) is 0 Å². The highest BCUT2D eigenvalue weighted by molar-refractivity contribution is 5.30. The molecule has 0 saturated heterocycles. The molecule has 1 N–H and O–H groups in total. The van der Waals surface area contributed by atoms with Crippen LogP contribution >= 0.6 is 0 Å². The maximum Gasteiger partial charge on any atom is 0.0422 e. The fraction of sp³-hybridized carbons (Fsp3) is 0.353. The summed E-state index contributed by atoms with van der Waals surface area (Å²) in [5, 5.41) is 3.40. The largest absolute Gasteiger partial charge is 0.313 e. The topological polar surface area (TPSA) is 24.9 Å². The Morgan fingerprint density at radius 2 is 1.95 bits per heavy atom. The van der Waals surface area contributed by atoms with Crippen molar-refractivity contribution in [3.8, 4) is 0 Å². The Bertz CT molecular complexity index is 517. The third-order valence-electron chi connectivity index (χ3n) is 3.62. The van der Waals surface area contributed by atoms with Crippen molar-refractivity contribution in [2.24, 2.45) is 0 Å². The third kappa shape index (κ3) is 3.42. The summed E-state index contributed by atoms with van der Waals surface area (Å²) in [6.45, 7) is 4.31. The summed E-state index contributed by atoms with van der Waals surface area (Å²) in [6.07, 6.45) is 3.95. The summed E-state index contributed by atoms with van der Waals surface area (Å²) in [5.41, 5.74) is 5.11. The minimum atomic E-state index is 0.321. The lowest BCUT2D eigenvalue weighted by Gasteiger charge is -2.18. The van der Waals surface area contributed by atoms with Crippen molar-refractivity contribution in [1.82, 2.24) is 10.3 Å². The summed E-state index contributed by atoms with van der Waals surface area (Å²) < 4.78 is 0. The smallest absolute Gasteiger partial charge is 0.0422 e. The molecule has 0 spiro atoms. The first-order valence-electron chi connectivity index (χ1n) is 6.91. The Balaban J connectivity index is 2.17. The number of aromatic nitrogens is 1. The van der Waals surface area contributed by atoms with Gasteiger partial charge in [0, 0.05) is 24.4 Å². The van der Waals surface area contributed by atoms with E-state index in [4.69, 9.17) is 0 Å². The normalized spacial score (nSPS) is 12.4. The summed E-state index contributed by atoms with van der Waals surface area (Å²) >= 11 is 0. The highest BCUT2D eigenvalue weighted by atomic mass is 14.9. The molecule has 2 nitrogen and oxygen atoms in total. The SMILES string of the molecule is CCc1ccc(CC(NC)c2ccccc2C)nc1. The quantitative estimate of drug-likeness (QED) is 0.884. The number of aryl methyl sites for hydroxylation is 2. The van der Waals surface area contributed by atoms with Crippen LogP contribution in [-0.2, 0) is 12.8 Å². The molecule has 0 saturated carbocycles. The molecule has 0 aliphatic heterocycles. The number of rotatable bonds is 5. The monoisotopic (exact) mass is 254 g/mol. The first kappa shape index (κ1) is 13.8. The summed E-state index contributed by atoms with van der Waals surface area (Å²) in [7, 11) is 2.01. The average molecular weight is 254 g/mol. The molecule has 1 atom stereocenters. The molecule has 1 aromatic carbocycles. The van der Waals surface area contributed by atoms with Gasteiger partial charge in [-0.2, -0.15) is 0 Å². The predicted octanol–water partition coefficient (Wildman–Crippen LogP) is 3.46. The number of hydrogen-bond donors (Lipinski definition) is 1. The highest BCUT2D eigenvalue weighted by Gasteiger charge is 2.12. The molecule has 0 bridgehead atoms. The molecule has 19 heavy (non-hydrogen) atoms. The van der Waals surface area contributed by atoms with Crippen LogP contribution in [0.1, 0.15) is 35.3 Å². The van der Waals surface area contributed by atoms with E-state index in [0.717, 1.165) is 18.5 Å². The Hall–Kier alpha value is -1.67. The van der Waals surface area contributed by atoms with Crippen LogP contribution in [0, 0.1) is 6.92 Å². The van der Waals surface area contributed by atoms with Crippen LogP contribution in [0.2, 0.25) is 0 Å². The lowest BCUT2D eigenvalue weighted by Crippen LogP contribution is -2.20. The standard InChI is InChI=1S/C17H22N2/c1-4-14-9-10-15(19-12-14)11-17(18-3)16-8-6-5-7-13(16)2/h5-10,12,17-18H,4,11H2,1-3H3. The molecule has 0 radical (unpaired) electrons. The van der Waals surface area contributed by atoms with E-state index in [-0.39, 0.29) is 0 Å². The van der Waals surface area contributed by atoms with Gasteiger partial charge in [0.15, 0.2) is 0 Å². The van der Waals surface area contributed by atoms with Crippen molar-refractivity contribution in [3.05, 3.63) is 65.0 Å². The molecule has 0 aliphatic rings. The molecule has 1 unspecified atom stereocenters. The van der Waals surface area contributed by atoms with Crippen molar-refractivity contribution < 1.29 is 0 Å². The average Bonchev–Trinajstić information content (AvgIpc) is 2.46. The second kappa shape index (κ2) is 6.48. The molecule has 1 heterocycles. The Morgan fingerprint density at radius 3 is 2.53 bits per heavy atom. The molecule has 2 heteroatoms. The van der Waals surface area contributed by atoms with Crippen LogP contribution in [0.5, 0.6) is 0 Å². The maximum atomic E-state index is 4.55. The molecule has 0 aliphatic carbocycles. The summed E-state index contributed by atoms with van der Waals surface area (Å²) in [6, 6.07) is 13.2. The van der Waals surface area contributed by atoms with Gasteiger partial charge in [0.2, 0.25) is 0 Å². The second-order valence-electron chi connectivity index (χ2n) is 4.91. The van der Waals surface area contributed by atoms with Gasteiger partial charge in [-0.1, -0.05) is 37.3 Å². The summed E-state index contributed by atoms with van der Waals surface area (Å²) in [5.74, 6) is 0. The van der Waals surface area contributed by atoms with Crippen molar-refractivity contribution in [2.45, 2.75) is 32.7 Å². The maximum absolute atomic E-state index is 4.55. The molecule has 100 valence electrons. The molecular formula is C17H22N2. The van der Waals surface area contributed by atoms with E-state index in [1.807, 2.05) is 13.2 Å². The number of nitrogens with one attached hydrogen (secondary N) is 1. The molecule has 1 aromatic heterocycles. The van der Waals surface area contributed by atoms with E-state index in [9.17, 15) is 0 Å². The zero-order chi connectivity index (χ0) is 13.7. The first-order valence-corrected chi connectivity index (χ1v) is 6.91. The van der Waals surface area contributed by atoms with Gasteiger partial charge < -0.3 is 5.32 Å². The van der Waals surface area contributed by atoms with Gasteiger partial charge in [-0.3, -0.25) is 4.98 Å². The number of benzene rings is 1. The van der Waals surface area contributed by atoms with Gasteiger partial charge in [0.05, 0.1) is 0 Å². The third-order valence-corrected chi connectivity index (χ3v) is 3.62. The summed E-state index contributed by atoms with van der Waals surface area (Å²) in [4.78, 5) is 4.55. The highest BCUT2D eigenvalue weighted by Crippen LogP contribution is 2.20. The van der Waals surface area contributed by atoms with E-state index in [0.29, 0.717) is 6.04 Å². The first-order chi connectivity index (χ1) is 9.24. The lowest BCUT2D eigenvalue weighted by atomic mass is 9.97.